The second kappa shape index (κ2) is 10.6. The van der Waals surface area contributed by atoms with Crippen LogP contribution in [0.4, 0.5) is 5.69 Å². The number of hydrogen-bond acceptors (Lipinski definition) is 8. The van der Waals surface area contributed by atoms with Crippen molar-refractivity contribution in [1.29, 1.82) is 5.41 Å². The van der Waals surface area contributed by atoms with Gasteiger partial charge in [0.1, 0.15) is 28.7 Å². The van der Waals surface area contributed by atoms with E-state index in [2.05, 4.69) is 19.6 Å². The van der Waals surface area contributed by atoms with E-state index >= 15 is 0 Å². The highest BCUT2D eigenvalue weighted by Gasteiger charge is 2.20. The second-order valence-electron chi connectivity index (χ2n) is 7.27. The van der Waals surface area contributed by atoms with Crippen LogP contribution in [0.25, 0.3) is 11.4 Å². The van der Waals surface area contributed by atoms with Gasteiger partial charge in [-0.3, -0.25) is 9.59 Å². The molecule has 3 N–H and O–H groups in total. The average Bonchev–Trinajstić information content (AvgIpc) is 2.76. The minimum Gasteiger partial charge on any atom is -0.493 e. The number of nitrogens with one attached hydrogen (secondary N) is 3. The van der Waals surface area contributed by atoms with Gasteiger partial charge in [-0.25, -0.2) is 9.29 Å². The highest BCUT2D eigenvalue weighted by Crippen LogP contribution is 2.34. The molecule has 0 radical (unpaired) electrons. The number of anilines is 1. The SMILES string of the molecule is CCCC(=N)c1nc(-c2cc(SN3CCC(=O)CC3)ccc2OCC)[nH]c(=O)c1NC. The van der Waals surface area contributed by atoms with Gasteiger partial charge in [0.25, 0.3) is 5.56 Å². The number of H-pyrrole nitrogens is 1. The first kappa shape index (κ1) is 23.0. The van der Waals surface area contributed by atoms with Gasteiger partial charge in [-0.15, -0.1) is 0 Å². The molecule has 1 aliphatic heterocycles. The van der Waals surface area contributed by atoms with E-state index in [1.54, 1.807) is 19.0 Å². The van der Waals surface area contributed by atoms with Gasteiger partial charge >= 0.3 is 0 Å². The van der Waals surface area contributed by atoms with Crippen LogP contribution in [0, 0.1) is 5.41 Å². The van der Waals surface area contributed by atoms with Gasteiger partial charge < -0.3 is 20.4 Å². The molecule has 1 aromatic carbocycles. The zero-order valence-electron chi connectivity index (χ0n) is 18.2. The molecule has 0 saturated carbocycles. The van der Waals surface area contributed by atoms with E-state index in [4.69, 9.17) is 10.1 Å². The molecular formula is C22H29N5O3S. The highest BCUT2D eigenvalue weighted by atomic mass is 32.2. The fourth-order valence-corrected chi connectivity index (χ4v) is 4.39. The summed E-state index contributed by atoms with van der Waals surface area (Å²) < 4.78 is 7.97. The lowest BCUT2D eigenvalue weighted by molar-refractivity contribution is -0.120. The summed E-state index contributed by atoms with van der Waals surface area (Å²) in [5, 5.41) is 11.2. The second-order valence-corrected chi connectivity index (χ2v) is 8.44. The lowest BCUT2D eigenvalue weighted by Crippen LogP contribution is -2.28. The largest absolute Gasteiger partial charge is 0.493 e. The minimum absolute atomic E-state index is 0.295. The lowest BCUT2D eigenvalue weighted by atomic mass is 10.1. The Kier molecular flexibility index (Phi) is 7.86. The third-order valence-corrected chi connectivity index (χ3v) is 6.06. The molecule has 0 amide bonds. The summed E-state index contributed by atoms with van der Waals surface area (Å²) in [4.78, 5) is 32.7. The lowest BCUT2D eigenvalue weighted by Gasteiger charge is -2.24. The molecule has 0 unspecified atom stereocenters. The molecule has 2 aromatic rings. The molecule has 1 saturated heterocycles. The van der Waals surface area contributed by atoms with E-state index in [0.29, 0.717) is 65.9 Å². The highest BCUT2D eigenvalue weighted by molar-refractivity contribution is 7.97. The molecule has 166 valence electrons. The number of aromatic amines is 1. The summed E-state index contributed by atoms with van der Waals surface area (Å²) in [5.74, 6) is 1.30. The molecule has 3 rings (SSSR count). The van der Waals surface area contributed by atoms with Gasteiger partial charge in [-0.2, -0.15) is 0 Å². The van der Waals surface area contributed by atoms with Crippen LogP contribution in [0.3, 0.4) is 0 Å². The Morgan fingerprint density at radius 1 is 1.29 bits per heavy atom. The van der Waals surface area contributed by atoms with Gasteiger partial charge in [0.15, 0.2) is 0 Å². The molecule has 1 aliphatic rings. The number of aromatic nitrogens is 2. The number of nitrogens with zero attached hydrogens (tertiary/aromatic N) is 2. The van der Waals surface area contributed by atoms with Gasteiger partial charge in [-0.1, -0.05) is 13.3 Å². The van der Waals surface area contributed by atoms with Crippen molar-refractivity contribution < 1.29 is 9.53 Å². The van der Waals surface area contributed by atoms with Crippen LogP contribution in [0.15, 0.2) is 27.9 Å². The molecule has 0 spiro atoms. The zero-order valence-corrected chi connectivity index (χ0v) is 19.0. The summed E-state index contributed by atoms with van der Waals surface area (Å²) in [6.07, 6.45) is 2.47. The van der Waals surface area contributed by atoms with Gasteiger partial charge in [0.2, 0.25) is 0 Å². The van der Waals surface area contributed by atoms with Crippen molar-refractivity contribution in [3.8, 4) is 17.1 Å². The van der Waals surface area contributed by atoms with Crippen molar-refractivity contribution in [2.45, 2.75) is 44.4 Å². The Hall–Kier alpha value is -2.65. The van der Waals surface area contributed by atoms with E-state index in [9.17, 15) is 9.59 Å². The predicted octanol–water partition coefficient (Wildman–Crippen LogP) is 3.72. The molecule has 0 bridgehead atoms. The minimum atomic E-state index is -0.321. The maximum absolute atomic E-state index is 12.7. The number of hydrogen-bond donors (Lipinski definition) is 3. The number of piperidine rings is 1. The molecule has 1 fully saturated rings. The van der Waals surface area contributed by atoms with Crippen LogP contribution in [0.1, 0.15) is 45.2 Å². The maximum Gasteiger partial charge on any atom is 0.275 e. The normalized spacial score (nSPS) is 14.5. The molecule has 31 heavy (non-hydrogen) atoms. The first-order chi connectivity index (χ1) is 15.0. The predicted molar refractivity (Wildman–Crippen MR) is 124 cm³/mol. The van der Waals surface area contributed by atoms with Crippen LogP contribution < -0.4 is 15.6 Å². The van der Waals surface area contributed by atoms with E-state index in [1.165, 1.54) is 0 Å². The van der Waals surface area contributed by atoms with Gasteiger partial charge in [-0.05, 0) is 43.5 Å². The van der Waals surface area contributed by atoms with E-state index in [1.807, 2.05) is 32.0 Å². The monoisotopic (exact) mass is 443 g/mol. The Bertz CT molecular complexity index is 1010. The summed E-state index contributed by atoms with van der Waals surface area (Å²) in [6, 6.07) is 5.78. The molecule has 0 atom stereocenters. The maximum atomic E-state index is 12.7. The molecular weight excluding hydrogens is 414 g/mol. The Balaban J connectivity index is 2.02. The van der Waals surface area contributed by atoms with E-state index < -0.39 is 0 Å². The Morgan fingerprint density at radius 2 is 2.03 bits per heavy atom. The molecule has 0 aliphatic carbocycles. The Labute approximate surface area is 186 Å². The third-order valence-electron chi connectivity index (χ3n) is 4.98. The zero-order chi connectivity index (χ0) is 22.4. The van der Waals surface area contributed by atoms with E-state index in [-0.39, 0.29) is 5.56 Å². The van der Waals surface area contributed by atoms with Crippen LogP contribution in [-0.4, -0.2) is 52.5 Å². The summed E-state index contributed by atoms with van der Waals surface area (Å²) in [7, 11) is 1.65. The van der Waals surface area contributed by atoms with Crippen LogP contribution in [0.5, 0.6) is 5.75 Å². The topological polar surface area (TPSA) is 111 Å². The van der Waals surface area contributed by atoms with Gasteiger partial charge in [0, 0.05) is 37.9 Å². The molecule has 2 heterocycles. The first-order valence-corrected chi connectivity index (χ1v) is 11.4. The van der Waals surface area contributed by atoms with Crippen molar-refractivity contribution in [2.24, 2.45) is 0 Å². The fourth-order valence-electron chi connectivity index (χ4n) is 3.43. The van der Waals surface area contributed by atoms with Crippen molar-refractivity contribution in [1.82, 2.24) is 14.3 Å². The van der Waals surface area contributed by atoms with Crippen LogP contribution >= 0.6 is 11.9 Å². The van der Waals surface area contributed by atoms with Crippen LogP contribution in [-0.2, 0) is 4.79 Å². The molecule has 1 aromatic heterocycles. The van der Waals surface area contributed by atoms with E-state index in [0.717, 1.165) is 24.4 Å². The smallest absolute Gasteiger partial charge is 0.275 e. The summed E-state index contributed by atoms with van der Waals surface area (Å²) in [5.41, 5.74) is 1.33. The van der Waals surface area contributed by atoms with Crippen LogP contribution in [0.2, 0.25) is 0 Å². The number of rotatable bonds is 9. The first-order valence-electron chi connectivity index (χ1n) is 10.6. The van der Waals surface area contributed by atoms with Crippen molar-refractivity contribution in [3.63, 3.8) is 0 Å². The van der Waals surface area contributed by atoms with Gasteiger partial charge in [0.05, 0.1) is 17.9 Å². The number of Topliss-reactive ketones (excluding diaryl/α,β-unsaturated/α-hetero) is 1. The average molecular weight is 444 g/mol. The number of carbonyl (C=O) groups is 1. The number of benzene rings is 1. The number of carbonyl (C=O) groups excluding carboxylic acids is 1. The summed E-state index contributed by atoms with van der Waals surface area (Å²) >= 11 is 1.58. The Morgan fingerprint density at radius 3 is 2.68 bits per heavy atom. The standard InChI is InChI=1S/C22H29N5O3S/c1-4-6-17(23)19-20(24-3)22(29)26-21(25-19)16-13-15(7-8-18(16)30-5-2)31-27-11-9-14(28)10-12-27/h7-8,13,23-24H,4-6,9-12H2,1-3H3,(H,25,26,29). The molecule has 9 heteroatoms. The van der Waals surface area contributed by atoms with Crippen molar-refractivity contribution in [3.05, 3.63) is 34.2 Å². The quantitative estimate of drug-likeness (QED) is 0.400. The molecule has 8 nitrogen and oxygen atoms in total. The van der Waals surface area contributed by atoms with Crippen molar-refractivity contribution >= 4 is 29.1 Å². The fraction of sp³-hybridized carbons (Fsp3) is 0.455. The van der Waals surface area contributed by atoms with Crippen molar-refractivity contribution in [2.75, 3.05) is 32.1 Å². The number of ether oxygens (including phenoxy) is 1. The number of ketones is 1. The summed E-state index contributed by atoms with van der Waals surface area (Å²) in [6.45, 7) is 5.81. The third kappa shape index (κ3) is 5.54.